The monoisotopic (exact) mass is 251 g/mol. The Kier molecular flexibility index (Phi) is 5.65. The number of benzene rings is 1. The summed E-state index contributed by atoms with van der Waals surface area (Å²) in [5.41, 5.74) is 0.673. The molecule has 0 heterocycles. The predicted molar refractivity (Wildman–Crippen MR) is 71.7 cm³/mol. The van der Waals surface area contributed by atoms with Crippen molar-refractivity contribution in [2.45, 2.75) is 12.8 Å². The van der Waals surface area contributed by atoms with Crippen LogP contribution in [0.5, 0.6) is 11.5 Å². The highest BCUT2D eigenvalue weighted by Gasteiger charge is 2.10. The largest absolute Gasteiger partial charge is 0.493 e. The Balaban J connectivity index is 2.68. The van der Waals surface area contributed by atoms with Crippen LogP contribution in [0.25, 0.3) is 0 Å². The molecule has 0 fully saturated rings. The summed E-state index contributed by atoms with van der Waals surface area (Å²) < 4.78 is 10.3. The van der Waals surface area contributed by atoms with Crippen molar-refractivity contribution in [3.8, 4) is 11.5 Å². The van der Waals surface area contributed by atoms with Crippen LogP contribution in [0, 0.1) is 0 Å². The van der Waals surface area contributed by atoms with Gasteiger partial charge in [0.15, 0.2) is 17.3 Å². The highest BCUT2D eigenvalue weighted by molar-refractivity contribution is 5.96. The van der Waals surface area contributed by atoms with Gasteiger partial charge in [-0.2, -0.15) is 0 Å². The van der Waals surface area contributed by atoms with E-state index in [0.29, 0.717) is 23.5 Å². The number of carbonyl (C=O) groups excluding carboxylic acids is 1. The van der Waals surface area contributed by atoms with Gasteiger partial charge in [0.25, 0.3) is 0 Å². The first-order chi connectivity index (χ1) is 8.58. The number of carbonyl (C=O) groups is 1. The minimum Gasteiger partial charge on any atom is -0.493 e. The number of ketones is 1. The number of hydrogen-bond acceptors (Lipinski definition) is 4. The van der Waals surface area contributed by atoms with Crippen molar-refractivity contribution < 1.29 is 14.3 Å². The second-order valence-electron chi connectivity index (χ2n) is 4.40. The Morgan fingerprint density at radius 3 is 2.39 bits per heavy atom. The van der Waals surface area contributed by atoms with Crippen molar-refractivity contribution in [2.24, 2.45) is 0 Å². The smallest absolute Gasteiger partial charge is 0.163 e. The maximum absolute atomic E-state index is 12.0. The van der Waals surface area contributed by atoms with Gasteiger partial charge in [-0.25, -0.2) is 0 Å². The molecule has 100 valence electrons. The first-order valence-corrected chi connectivity index (χ1v) is 5.98. The Labute approximate surface area is 108 Å². The molecule has 0 bridgehead atoms. The van der Waals surface area contributed by atoms with Gasteiger partial charge in [-0.05, 0) is 45.3 Å². The zero-order chi connectivity index (χ0) is 13.5. The molecule has 4 nitrogen and oxygen atoms in total. The van der Waals surface area contributed by atoms with Gasteiger partial charge in [-0.15, -0.1) is 0 Å². The van der Waals surface area contributed by atoms with Crippen molar-refractivity contribution >= 4 is 5.78 Å². The topological polar surface area (TPSA) is 38.8 Å². The summed E-state index contributed by atoms with van der Waals surface area (Å²) in [4.78, 5) is 14.1. The third-order valence-corrected chi connectivity index (χ3v) is 2.71. The van der Waals surface area contributed by atoms with Crippen LogP contribution in [0.2, 0.25) is 0 Å². The maximum atomic E-state index is 12.0. The zero-order valence-electron chi connectivity index (χ0n) is 11.5. The average Bonchev–Trinajstić information content (AvgIpc) is 2.37. The van der Waals surface area contributed by atoms with E-state index in [1.54, 1.807) is 32.4 Å². The van der Waals surface area contributed by atoms with Crippen LogP contribution in [0.3, 0.4) is 0 Å². The second-order valence-corrected chi connectivity index (χ2v) is 4.40. The van der Waals surface area contributed by atoms with Crippen LogP contribution < -0.4 is 9.47 Å². The lowest BCUT2D eigenvalue weighted by Gasteiger charge is -2.10. The fourth-order valence-electron chi connectivity index (χ4n) is 1.71. The van der Waals surface area contributed by atoms with Crippen LogP contribution in [0.1, 0.15) is 23.2 Å². The molecule has 1 aromatic rings. The predicted octanol–water partition coefficient (Wildman–Crippen LogP) is 2.23. The van der Waals surface area contributed by atoms with Gasteiger partial charge < -0.3 is 14.4 Å². The van der Waals surface area contributed by atoms with Gasteiger partial charge in [0, 0.05) is 12.0 Å². The van der Waals surface area contributed by atoms with E-state index in [0.717, 1.165) is 13.0 Å². The minimum atomic E-state index is 0.137. The molecule has 18 heavy (non-hydrogen) atoms. The molecule has 0 N–H and O–H groups in total. The van der Waals surface area contributed by atoms with Crippen LogP contribution in [-0.4, -0.2) is 45.5 Å². The lowest BCUT2D eigenvalue weighted by Crippen LogP contribution is -2.14. The van der Waals surface area contributed by atoms with Crippen molar-refractivity contribution in [3.63, 3.8) is 0 Å². The minimum absolute atomic E-state index is 0.137. The summed E-state index contributed by atoms with van der Waals surface area (Å²) in [5, 5.41) is 0. The molecule has 0 unspecified atom stereocenters. The summed E-state index contributed by atoms with van der Waals surface area (Å²) in [7, 11) is 7.15. The van der Waals surface area contributed by atoms with Crippen molar-refractivity contribution in [2.75, 3.05) is 34.9 Å². The molecule has 0 radical (unpaired) electrons. The van der Waals surface area contributed by atoms with Crippen molar-refractivity contribution in [3.05, 3.63) is 23.8 Å². The van der Waals surface area contributed by atoms with Crippen LogP contribution in [-0.2, 0) is 0 Å². The quantitative estimate of drug-likeness (QED) is 0.697. The number of hydrogen-bond donors (Lipinski definition) is 0. The van der Waals surface area contributed by atoms with E-state index in [1.807, 2.05) is 14.1 Å². The van der Waals surface area contributed by atoms with Crippen LogP contribution >= 0.6 is 0 Å². The second kappa shape index (κ2) is 7.01. The summed E-state index contributed by atoms with van der Waals surface area (Å²) in [6, 6.07) is 5.27. The summed E-state index contributed by atoms with van der Waals surface area (Å²) in [5.74, 6) is 1.37. The fraction of sp³-hybridized carbons (Fsp3) is 0.500. The molecule has 0 aliphatic carbocycles. The molecule has 1 rings (SSSR count). The first-order valence-electron chi connectivity index (χ1n) is 5.98. The van der Waals surface area contributed by atoms with E-state index in [1.165, 1.54) is 0 Å². The lowest BCUT2D eigenvalue weighted by molar-refractivity contribution is 0.0977. The van der Waals surface area contributed by atoms with Gasteiger partial charge in [0.1, 0.15) is 0 Å². The molecule has 0 saturated carbocycles. The Bertz CT molecular complexity index is 402. The number of rotatable bonds is 7. The summed E-state index contributed by atoms with van der Waals surface area (Å²) in [6.07, 6.45) is 1.41. The molecule has 4 heteroatoms. The van der Waals surface area contributed by atoms with Crippen molar-refractivity contribution in [1.82, 2.24) is 4.90 Å². The van der Waals surface area contributed by atoms with Crippen molar-refractivity contribution in [1.29, 1.82) is 0 Å². The van der Waals surface area contributed by atoms with Crippen LogP contribution in [0.15, 0.2) is 18.2 Å². The van der Waals surface area contributed by atoms with E-state index in [9.17, 15) is 4.79 Å². The standard InChI is InChI=1S/C14H21NO3/c1-15(2)9-5-6-12(16)11-7-8-13(17-3)14(10-11)18-4/h7-8,10H,5-6,9H2,1-4H3. The molecular weight excluding hydrogens is 230 g/mol. The highest BCUT2D eigenvalue weighted by atomic mass is 16.5. The Morgan fingerprint density at radius 2 is 1.83 bits per heavy atom. The maximum Gasteiger partial charge on any atom is 0.163 e. The van der Waals surface area contributed by atoms with E-state index in [4.69, 9.17) is 9.47 Å². The molecule has 0 aliphatic heterocycles. The lowest BCUT2D eigenvalue weighted by atomic mass is 10.1. The van der Waals surface area contributed by atoms with E-state index in [-0.39, 0.29) is 5.78 Å². The van der Waals surface area contributed by atoms with Gasteiger partial charge in [-0.3, -0.25) is 4.79 Å². The van der Waals surface area contributed by atoms with Gasteiger partial charge in [0.2, 0.25) is 0 Å². The van der Waals surface area contributed by atoms with Gasteiger partial charge in [0.05, 0.1) is 14.2 Å². The number of Topliss-reactive ketones (excluding diaryl/α,β-unsaturated/α-hetero) is 1. The van der Waals surface area contributed by atoms with Gasteiger partial charge >= 0.3 is 0 Å². The third kappa shape index (κ3) is 4.04. The first kappa shape index (κ1) is 14.5. The Morgan fingerprint density at radius 1 is 1.17 bits per heavy atom. The Hall–Kier alpha value is -1.55. The average molecular weight is 251 g/mol. The summed E-state index contributed by atoms with van der Waals surface area (Å²) in [6.45, 7) is 0.916. The van der Waals surface area contributed by atoms with E-state index in [2.05, 4.69) is 4.90 Å². The molecule has 0 saturated heterocycles. The number of nitrogens with zero attached hydrogens (tertiary/aromatic N) is 1. The fourth-order valence-corrected chi connectivity index (χ4v) is 1.71. The summed E-state index contributed by atoms with van der Waals surface area (Å²) >= 11 is 0. The van der Waals surface area contributed by atoms with Crippen LogP contribution in [0.4, 0.5) is 0 Å². The highest BCUT2D eigenvalue weighted by Crippen LogP contribution is 2.28. The number of methoxy groups -OCH3 is 2. The number of ether oxygens (including phenoxy) is 2. The SMILES string of the molecule is COc1ccc(C(=O)CCCN(C)C)cc1OC. The molecule has 0 amide bonds. The molecular formula is C14H21NO3. The molecule has 0 atom stereocenters. The normalized spacial score (nSPS) is 10.5. The van der Waals surface area contributed by atoms with E-state index < -0.39 is 0 Å². The van der Waals surface area contributed by atoms with E-state index >= 15 is 0 Å². The third-order valence-electron chi connectivity index (χ3n) is 2.71. The van der Waals surface area contributed by atoms with Gasteiger partial charge in [-0.1, -0.05) is 0 Å². The molecule has 1 aromatic carbocycles. The molecule has 0 aromatic heterocycles. The molecule has 0 aliphatic rings. The molecule has 0 spiro atoms. The zero-order valence-corrected chi connectivity index (χ0v) is 11.5.